The molecule has 1 amide bonds. The highest BCUT2D eigenvalue weighted by Crippen LogP contribution is 2.53. The number of benzene rings is 2. The molecule has 0 spiro atoms. The molecule has 0 unspecified atom stereocenters. The van der Waals surface area contributed by atoms with Crippen LogP contribution in [0.2, 0.25) is 15.1 Å². The van der Waals surface area contributed by atoms with Gasteiger partial charge in [-0.2, -0.15) is 5.10 Å². The Hall–Kier alpha value is -2.05. The van der Waals surface area contributed by atoms with Crippen LogP contribution in [0.4, 0.5) is 0 Å². The molecule has 4 bridgehead atoms. The van der Waals surface area contributed by atoms with Crippen LogP contribution in [0.1, 0.15) is 42.6 Å². The third-order valence-corrected chi connectivity index (χ3v) is 9.04. The van der Waals surface area contributed by atoms with Crippen molar-refractivity contribution < 1.29 is 4.79 Å². The molecule has 7 rings (SSSR count). The molecule has 2 N–H and O–H groups in total. The number of hydrogen-bond acceptors (Lipinski definition) is 3. The molecule has 0 atom stereocenters. The summed E-state index contributed by atoms with van der Waals surface area (Å²) in [7, 11) is 0. The first-order valence-electron chi connectivity index (χ1n) is 12.8. The van der Waals surface area contributed by atoms with E-state index in [-0.39, 0.29) is 5.91 Å². The third kappa shape index (κ3) is 4.79. The Morgan fingerprint density at radius 2 is 1.53 bits per heavy atom. The number of nitrogens with zero attached hydrogens (tertiary/aromatic N) is 2. The summed E-state index contributed by atoms with van der Waals surface area (Å²) >= 11 is 18.7. The zero-order chi connectivity index (χ0) is 24.8. The zero-order valence-electron chi connectivity index (χ0n) is 19.9. The third-order valence-electron chi connectivity index (χ3n) is 8.24. The lowest BCUT2D eigenvalue weighted by molar-refractivity contribution is -0.0133. The molecular formula is C28H29Cl3N4O. The van der Waals surface area contributed by atoms with Gasteiger partial charge in [0.1, 0.15) is 0 Å². The van der Waals surface area contributed by atoms with Gasteiger partial charge in [-0.1, -0.05) is 34.8 Å². The summed E-state index contributed by atoms with van der Waals surface area (Å²) in [5, 5.41) is 13.1. The monoisotopic (exact) mass is 542 g/mol. The van der Waals surface area contributed by atoms with Crippen LogP contribution in [0.25, 0.3) is 16.9 Å². The smallest absolute Gasteiger partial charge is 0.271 e. The van der Waals surface area contributed by atoms with Crippen LogP contribution in [-0.4, -0.2) is 34.8 Å². The van der Waals surface area contributed by atoms with Crippen molar-refractivity contribution >= 4 is 40.7 Å². The first kappa shape index (κ1) is 24.3. The van der Waals surface area contributed by atoms with Gasteiger partial charge in [-0.15, -0.1) is 0 Å². The van der Waals surface area contributed by atoms with E-state index in [1.54, 1.807) is 35.0 Å². The van der Waals surface area contributed by atoms with Crippen LogP contribution in [0, 0.1) is 23.7 Å². The second kappa shape index (κ2) is 10.0. The van der Waals surface area contributed by atoms with E-state index < -0.39 is 0 Å². The highest BCUT2D eigenvalue weighted by atomic mass is 35.5. The number of rotatable bonds is 7. The molecule has 1 aromatic heterocycles. The summed E-state index contributed by atoms with van der Waals surface area (Å²) in [6, 6.07) is 15.0. The van der Waals surface area contributed by atoms with Gasteiger partial charge in [-0.05, 0) is 104 Å². The summed E-state index contributed by atoms with van der Waals surface area (Å²) in [6.45, 7) is 1.33. The van der Waals surface area contributed by atoms with Gasteiger partial charge < -0.3 is 10.6 Å². The molecule has 0 radical (unpaired) electrons. The maximum atomic E-state index is 13.1. The molecule has 4 aliphatic rings. The molecule has 0 aliphatic heterocycles. The Bertz CT molecular complexity index is 1240. The van der Waals surface area contributed by atoms with Gasteiger partial charge in [0.2, 0.25) is 0 Å². The second-order valence-electron chi connectivity index (χ2n) is 10.6. The van der Waals surface area contributed by atoms with E-state index in [0.29, 0.717) is 39.0 Å². The van der Waals surface area contributed by atoms with Crippen molar-refractivity contribution in [1.82, 2.24) is 20.4 Å². The summed E-state index contributed by atoms with van der Waals surface area (Å²) < 4.78 is 1.72. The summed E-state index contributed by atoms with van der Waals surface area (Å²) in [4.78, 5) is 13.1. The van der Waals surface area contributed by atoms with Crippen molar-refractivity contribution in [3.8, 4) is 16.9 Å². The van der Waals surface area contributed by atoms with Crippen LogP contribution < -0.4 is 10.6 Å². The molecule has 188 valence electrons. The zero-order valence-corrected chi connectivity index (χ0v) is 22.2. The van der Waals surface area contributed by atoms with Gasteiger partial charge in [-0.3, -0.25) is 4.79 Å². The van der Waals surface area contributed by atoms with Gasteiger partial charge in [0.15, 0.2) is 5.69 Å². The van der Waals surface area contributed by atoms with Crippen molar-refractivity contribution in [2.75, 3.05) is 13.1 Å². The maximum absolute atomic E-state index is 13.1. The quantitative estimate of drug-likeness (QED) is 0.328. The molecule has 1 heterocycles. The first-order valence-corrected chi connectivity index (χ1v) is 13.9. The molecule has 2 aromatic carbocycles. The van der Waals surface area contributed by atoms with Crippen molar-refractivity contribution in [3.05, 3.63) is 69.3 Å². The van der Waals surface area contributed by atoms with Gasteiger partial charge in [0.05, 0.1) is 16.4 Å². The molecule has 4 fully saturated rings. The number of amides is 1. The minimum atomic E-state index is -0.207. The van der Waals surface area contributed by atoms with Gasteiger partial charge in [0, 0.05) is 34.7 Å². The minimum Gasteiger partial charge on any atom is -0.349 e. The van der Waals surface area contributed by atoms with E-state index in [0.717, 1.165) is 41.5 Å². The highest BCUT2D eigenvalue weighted by molar-refractivity contribution is 6.36. The van der Waals surface area contributed by atoms with Crippen LogP contribution in [-0.2, 0) is 0 Å². The van der Waals surface area contributed by atoms with E-state index in [9.17, 15) is 4.79 Å². The normalized spacial score (nSPS) is 26.4. The predicted octanol–water partition coefficient (Wildman–Crippen LogP) is 6.64. The number of carbonyl (C=O) groups is 1. The van der Waals surface area contributed by atoms with E-state index in [4.69, 9.17) is 34.8 Å². The number of halogens is 3. The predicted molar refractivity (Wildman–Crippen MR) is 145 cm³/mol. The molecule has 4 saturated carbocycles. The summed E-state index contributed by atoms with van der Waals surface area (Å²) in [6.07, 6.45) is 7.00. The molecule has 4 aliphatic carbocycles. The Balaban J connectivity index is 1.16. The minimum absolute atomic E-state index is 0.207. The molecule has 36 heavy (non-hydrogen) atoms. The molecular weight excluding hydrogens is 515 g/mol. The molecule has 3 aromatic rings. The lowest BCUT2D eigenvalue weighted by atomic mass is 9.54. The number of hydrogen-bond donors (Lipinski definition) is 2. The van der Waals surface area contributed by atoms with Gasteiger partial charge in [-0.25, -0.2) is 4.68 Å². The Kier molecular flexibility index (Phi) is 6.76. The van der Waals surface area contributed by atoms with Crippen LogP contribution in [0.5, 0.6) is 0 Å². The van der Waals surface area contributed by atoms with E-state index >= 15 is 0 Å². The number of nitrogens with one attached hydrogen (secondary N) is 2. The first-order chi connectivity index (χ1) is 17.4. The second-order valence-corrected chi connectivity index (χ2v) is 11.9. The summed E-state index contributed by atoms with van der Waals surface area (Å²) in [5.41, 5.74) is 2.56. The number of aromatic nitrogens is 2. The number of carbonyl (C=O) groups excluding carboxylic acids is 1. The lowest BCUT2D eigenvalue weighted by Crippen LogP contribution is -2.55. The SMILES string of the molecule is O=C(NCCNC1C2CC3CC(C2)CC1C3)c1cc(-c2ccc(Cl)cc2Cl)n(-c2ccc(Cl)cc2)n1. The Morgan fingerprint density at radius 3 is 2.19 bits per heavy atom. The van der Waals surface area contributed by atoms with Crippen LogP contribution in [0.3, 0.4) is 0 Å². The molecule has 5 nitrogen and oxygen atoms in total. The lowest BCUT2D eigenvalue weighted by Gasteiger charge is -2.54. The van der Waals surface area contributed by atoms with Gasteiger partial charge >= 0.3 is 0 Å². The standard InChI is InChI=1S/C28H29Cl3N4O/c29-20-1-4-22(5-2-20)35-26(23-6-3-21(30)14-24(23)31)15-25(34-35)28(36)33-8-7-32-27-18-10-16-9-17(12-18)13-19(27)11-16/h1-6,14-19,27,32H,7-13H2,(H,33,36). The van der Waals surface area contributed by atoms with E-state index in [1.807, 2.05) is 18.2 Å². The fourth-order valence-electron chi connectivity index (χ4n) is 6.92. The fourth-order valence-corrected chi connectivity index (χ4v) is 7.56. The average Bonchev–Trinajstić information content (AvgIpc) is 3.28. The average molecular weight is 544 g/mol. The maximum Gasteiger partial charge on any atom is 0.271 e. The summed E-state index contributed by atoms with van der Waals surface area (Å²) in [5.74, 6) is 3.35. The molecule has 8 heteroatoms. The Morgan fingerprint density at radius 1 is 0.861 bits per heavy atom. The van der Waals surface area contributed by atoms with Crippen LogP contribution >= 0.6 is 34.8 Å². The van der Waals surface area contributed by atoms with Crippen molar-refractivity contribution in [1.29, 1.82) is 0 Å². The highest BCUT2D eigenvalue weighted by Gasteiger charge is 2.47. The fraction of sp³-hybridized carbons (Fsp3) is 0.429. The van der Waals surface area contributed by atoms with Crippen molar-refractivity contribution in [3.63, 3.8) is 0 Å². The molecule has 0 saturated heterocycles. The topological polar surface area (TPSA) is 59.0 Å². The van der Waals surface area contributed by atoms with E-state index in [2.05, 4.69) is 15.7 Å². The van der Waals surface area contributed by atoms with Crippen molar-refractivity contribution in [2.45, 2.75) is 38.1 Å². The van der Waals surface area contributed by atoms with Crippen molar-refractivity contribution in [2.24, 2.45) is 23.7 Å². The largest absolute Gasteiger partial charge is 0.349 e. The van der Waals surface area contributed by atoms with E-state index in [1.165, 1.54) is 32.1 Å². The Labute approximate surface area is 226 Å². The van der Waals surface area contributed by atoms with Crippen LogP contribution in [0.15, 0.2) is 48.5 Å². The van der Waals surface area contributed by atoms with Gasteiger partial charge in [0.25, 0.3) is 5.91 Å².